The Kier molecular flexibility index (Phi) is 10.5. The van der Waals surface area contributed by atoms with E-state index in [9.17, 15) is 13.9 Å². The van der Waals surface area contributed by atoms with Crippen LogP contribution in [-0.2, 0) is 11.2 Å². The van der Waals surface area contributed by atoms with E-state index in [4.69, 9.17) is 20.3 Å². The van der Waals surface area contributed by atoms with Crippen molar-refractivity contribution < 1.29 is 28.5 Å². The normalized spacial score (nSPS) is 15.9. The SMILES string of the molecule is C1CCOC1.CC(C)(O)Cc1cc2nc(N)c(N3CCC(Oc4ccc(F)cc4F)CC3)nc2cn1.CO. The highest BCUT2D eigenvalue weighted by atomic mass is 19.1. The first kappa shape index (κ1) is 29.4. The Morgan fingerprint density at radius 1 is 1.08 bits per heavy atom. The van der Waals surface area contributed by atoms with Gasteiger partial charge in [0.05, 0.1) is 17.3 Å². The van der Waals surface area contributed by atoms with Crippen molar-refractivity contribution in [2.75, 3.05) is 44.0 Å². The third kappa shape index (κ3) is 8.44. The lowest BCUT2D eigenvalue weighted by Gasteiger charge is -2.33. The summed E-state index contributed by atoms with van der Waals surface area (Å²) in [4.78, 5) is 15.5. The Morgan fingerprint density at radius 2 is 1.76 bits per heavy atom. The number of ether oxygens (including phenoxy) is 2. The first-order valence-corrected chi connectivity index (χ1v) is 12.7. The minimum Gasteiger partial charge on any atom is -0.487 e. The number of nitrogen functional groups attached to an aromatic ring is 1. The summed E-state index contributed by atoms with van der Waals surface area (Å²) in [6.45, 7) is 6.67. The molecule has 2 fully saturated rings. The topological polar surface area (TPSA) is 127 Å². The maximum Gasteiger partial charge on any atom is 0.172 e. The number of hydrogen-bond donors (Lipinski definition) is 3. The van der Waals surface area contributed by atoms with Crippen LogP contribution in [0, 0.1) is 11.6 Å². The number of aromatic nitrogens is 3. The number of pyridine rings is 1. The standard InChI is InChI=1S/C22H25F2N5O2.C4H8O.CH4O/c1-22(2,30)11-14-10-17-18(12-26-14)28-21(20(25)27-17)29-7-5-15(6-8-29)31-19-4-3-13(23)9-16(19)24;1-2-4-5-3-1;1-2/h3-4,9-10,12,15,30H,5-8,11H2,1-2H3,(H2,25,27);1-4H2;2H,1H3. The zero-order valence-corrected chi connectivity index (χ0v) is 22.2. The first-order valence-electron chi connectivity index (χ1n) is 12.7. The molecule has 2 aliphatic heterocycles. The summed E-state index contributed by atoms with van der Waals surface area (Å²) >= 11 is 0. The Morgan fingerprint density at radius 3 is 2.34 bits per heavy atom. The summed E-state index contributed by atoms with van der Waals surface area (Å²) in [6.07, 6.45) is 5.68. The molecule has 2 saturated heterocycles. The molecule has 1 aromatic carbocycles. The number of benzene rings is 1. The number of anilines is 2. The van der Waals surface area contributed by atoms with Gasteiger partial charge < -0.3 is 30.3 Å². The number of rotatable bonds is 5. The van der Waals surface area contributed by atoms with Crippen molar-refractivity contribution in [3.63, 3.8) is 0 Å². The number of hydrogen-bond acceptors (Lipinski definition) is 9. The quantitative estimate of drug-likeness (QED) is 0.450. The van der Waals surface area contributed by atoms with Crippen molar-refractivity contribution in [1.29, 1.82) is 0 Å². The van der Waals surface area contributed by atoms with Crippen LogP contribution in [-0.4, -0.2) is 70.3 Å². The van der Waals surface area contributed by atoms with E-state index in [1.54, 1.807) is 26.1 Å². The van der Waals surface area contributed by atoms with Crippen LogP contribution in [0.25, 0.3) is 11.0 Å². The van der Waals surface area contributed by atoms with Gasteiger partial charge in [0, 0.05) is 64.4 Å². The molecule has 3 aromatic rings. The molecule has 4 N–H and O–H groups in total. The molecule has 2 aromatic heterocycles. The molecule has 2 aliphatic rings. The van der Waals surface area contributed by atoms with Gasteiger partial charge in [-0.05, 0) is 44.9 Å². The van der Waals surface area contributed by atoms with Crippen molar-refractivity contribution in [3.05, 3.63) is 47.8 Å². The highest BCUT2D eigenvalue weighted by Gasteiger charge is 2.25. The maximum absolute atomic E-state index is 13.8. The molecule has 38 heavy (non-hydrogen) atoms. The van der Waals surface area contributed by atoms with Crippen LogP contribution in [0.2, 0.25) is 0 Å². The Hall–Kier alpha value is -3.15. The van der Waals surface area contributed by atoms with Gasteiger partial charge in [0.25, 0.3) is 0 Å². The second-order valence-corrected chi connectivity index (χ2v) is 9.78. The van der Waals surface area contributed by atoms with E-state index in [-0.39, 0.29) is 11.9 Å². The van der Waals surface area contributed by atoms with Crippen LogP contribution in [0.3, 0.4) is 0 Å². The fraction of sp³-hybridized carbons (Fsp3) is 0.519. The molecule has 208 valence electrons. The molecule has 0 bridgehead atoms. The smallest absolute Gasteiger partial charge is 0.172 e. The monoisotopic (exact) mass is 533 g/mol. The summed E-state index contributed by atoms with van der Waals surface area (Å²) in [7, 11) is 1.00. The van der Waals surface area contributed by atoms with Gasteiger partial charge in [-0.1, -0.05) is 0 Å². The minimum absolute atomic E-state index is 0.0535. The molecule has 11 heteroatoms. The number of aliphatic hydroxyl groups excluding tert-OH is 1. The Balaban J connectivity index is 0.000000504. The number of nitrogens with zero attached hydrogens (tertiary/aromatic N) is 4. The lowest BCUT2D eigenvalue weighted by atomic mass is 10.0. The molecule has 0 saturated carbocycles. The molecule has 0 unspecified atom stereocenters. The van der Waals surface area contributed by atoms with E-state index >= 15 is 0 Å². The molecule has 0 amide bonds. The fourth-order valence-electron chi connectivity index (χ4n) is 4.22. The van der Waals surface area contributed by atoms with Crippen molar-refractivity contribution in [1.82, 2.24) is 15.0 Å². The van der Waals surface area contributed by atoms with Gasteiger partial charge in [-0.2, -0.15) is 0 Å². The van der Waals surface area contributed by atoms with Gasteiger partial charge in [0.1, 0.15) is 17.4 Å². The third-order valence-electron chi connectivity index (χ3n) is 5.98. The number of nitrogens with two attached hydrogens (primary N) is 1. The fourth-order valence-corrected chi connectivity index (χ4v) is 4.22. The van der Waals surface area contributed by atoms with Crippen LogP contribution in [0.4, 0.5) is 20.4 Å². The highest BCUT2D eigenvalue weighted by Crippen LogP contribution is 2.28. The molecule has 9 nitrogen and oxygen atoms in total. The third-order valence-corrected chi connectivity index (χ3v) is 5.98. The summed E-state index contributed by atoms with van der Waals surface area (Å²) in [5, 5.41) is 17.0. The number of halogens is 2. The van der Waals surface area contributed by atoms with E-state index in [1.807, 2.05) is 4.90 Å². The van der Waals surface area contributed by atoms with Gasteiger partial charge in [-0.3, -0.25) is 4.98 Å². The first-order chi connectivity index (χ1) is 18.2. The molecule has 0 aliphatic carbocycles. The molecule has 0 spiro atoms. The van der Waals surface area contributed by atoms with Gasteiger partial charge in [0.2, 0.25) is 0 Å². The van der Waals surface area contributed by atoms with Crippen molar-refractivity contribution in [2.45, 2.75) is 57.7 Å². The molecular weight excluding hydrogens is 496 g/mol. The van der Waals surface area contributed by atoms with Crippen LogP contribution in [0.5, 0.6) is 5.75 Å². The van der Waals surface area contributed by atoms with E-state index < -0.39 is 17.2 Å². The summed E-state index contributed by atoms with van der Waals surface area (Å²) < 4.78 is 37.6. The average Bonchev–Trinajstić information content (AvgIpc) is 3.47. The van der Waals surface area contributed by atoms with Crippen molar-refractivity contribution >= 4 is 22.7 Å². The second-order valence-electron chi connectivity index (χ2n) is 9.78. The molecule has 0 radical (unpaired) electrons. The summed E-state index contributed by atoms with van der Waals surface area (Å²) in [6, 6.07) is 5.09. The minimum atomic E-state index is -0.872. The lowest BCUT2D eigenvalue weighted by Crippen LogP contribution is -2.39. The molecular formula is C27H37F2N5O4. The van der Waals surface area contributed by atoms with E-state index in [1.165, 1.54) is 25.0 Å². The van der Waals surface area contributed by atoms with Crippen LogP contribution < -0.4 is 15.4 Å². The predicted octanol–water partition coefficient (Wildman–Crippen LogP) is 3.65. The van der Waals surface area contributed by atoms with Gasteiger partial charge >= 0.3 is 0 Å². The zero-order valence-electron chi connectivity index (χ0n) is 22.2. The number of aliphatic hydroxyl groups is 2. The molecule has 5 rings (SSSR count). The van der Waals surface area contributed by atoms with E-state index in [0.29, 0.717) is 60.7 Å². The van der Waals surface area contributed by atoms with E-state index in [2.05, 4.69) is 15.0 Å². The predicted molar refractivity (Wildman–Crippen MR) is 142 cm³/mol. The Labute approximate surface area is 221 Å². The molecule has 0 atom stereocenters. The maximum atomic E-state index is 13.8. The largest absolute Gasteiger partial charge is 0.487 e. The summed E-state index contributed by atoms with van der Waals surface area (Å²) in [5.41, 5.74) is 7.27. The Bertz CT molecular complexity index is 1170. The van der Waals surface area contributed by atoms with Crippen molar-refractivity contribution in [3.8, 4) is 5.75 Å². The van der Waals surface area contributed by atoms with Gasteiger partial charge in [0.15, 0.2) is 23.2 Å². The second kappa shape index (κ2) is 13.6. The average molecular weight is 534 g/mol. The highest BCUT2D eigenvalue weighted by molar-refractivity contribution is 5.79. The zero-order chi connectivity index (χ0) is 27.7. The summed E-state index contributed by atoms with van der Waals surface area (Å²) in [5.74, 6) is -0.388. The van der Waals surface area contributed by atoms with Gasteiger partial charge in [-0.15, -0.1) is 0 Å². The van der Waals surface area contributed by atoms with Crippen molar-refractivity contribution in [2.24, 2.45) is 0 Å². The number of piperidine rings is 1. The van der Waals surface area contributed by atoms with Crippen LogP contribution in [0.15, 0.2) is 30.5 Å². The van der Waals surface area contributed by atoms with E-state index in [0.717, 1.165) is 26.4 Å². The number of fused-ring (bicyclic) bond motifs is 1. The van der Waals surface area contributed by atoms with Crippen LogP contribution in [0.1, 0.15) is 45.2 Å². The molecule has 4 heterocycles. The van der Waals surface area contributed by atoms with Crippen LogP contribution >= 0.6 is 0 Å². The lowest BCUT2D eigenvalue weighted by molar-refractivity contribution is 0.0800. The van der Waals surface area contributed by atoms with Gasteiger partial charge in [-0.25, -0.2) is 18.7 Å².